The summed E-state index contributed by atoms with van der Waals surface area (Å²) in [6, 6.07) is 33.9. The molecule has 5 atom stereocenters. The molecule has 0 saturated carbocycles. The summed E-state index contributed by atoms with van der Waals surface area (Å²) in [7, 11) is 0. The fourth-order valence-corrected chi connectivity index (χ4v) is 5.84. The molecule has 4 heterocycles. The Morgan fingerprint density at radius 1 is 0.426 bits per heavy atom. The van der Waals surface area contributed by atoms with E-state index in [1.165, 1.54) is 22.3 Å². The number of ether oxygens (including phenoxy) is 8. The zero-order chi connectivity index (χ0) is 31.4. The third-order valence-electron chi connectivity index (χ3n) is 8.89. The highest BCUT2D eigenvalue weighted by molar-refractivity contribution is 5.44. The van der Waals surface area contributed by atoms with Crippen LogP contribution in [0, 0.1) is 0 Å². The molecule has 0 aliphatic carbocycles. The van der Waals surface area contributed by atoms with Crippen molar-refractivity contribution in [2.24, 2.45) is 0 Å². The van der Waals surface area contributed by atoms with E-state index in [-0.39, 0.29) is 36.3 Å². The van der Waals surface area contributed by atoms with Crippen molar-refractivity contribution in [2.75, 3.05) is 52.9 Å². The van der Waals surface area contributed by atoms with E-state index >= 15 is 0 Å². The maximum atomic E-state index is 6.14. The van der Waals surface area contributed by atoms with Crippen LogP contribution in [0.3, 0.4) is 0 Å². The van der Waals surface area contributed by atoms with Gasteiger partial charge in [0.15, 0.2) is 0 Å². The molecule has 0 radical (unpaired) electrons. The van der Waals surface area contributed by atoms with Crippen LogP contribution in [0.5, 0.6) is 23.0 Å². The average Bonchev–Trinajstić information content (AvgIpc) is 3.93. The van der Waals surface area contributed by atoms with Gasteiger partial charge >= 0.3 is 0 Å². The zero-order valence-electron chi connectivity index (χ0n) is 26.3. The molecule has 4 saturated heterocycles. The van der Waals surface area contributed by atoms with Crippen molar-refractivity contribution in [3.8, 4) is 23.0 Å². The van der Waals surface area contributed by atoms with Gasteiger partial charge in [-0.2, -0.15) is 0 Å². The molecule has 4 aromatic carbocycles. The first-order chi connectivity index (χ1) is 23.2. The molecule has 8 rings (SSSR count). The third kappa shape index (κ3) is 8.64. The lowest BCUT2D eigenvalue weighted by molar-refractivity contribution is 0.262. The lowest BCUT2D eigenvalue weighted by Crippen LogP contribution is -2.12. The van der Waals surface area contributed by atoms with E-state index in [1.807, 2.05) is 18.2 Å². The highest BCUT2D eigenvalue weighted by Crippen LogP contribution is 2.41. The fraction of sp³-hybridized carbons (Fsp3) is 0.385. The van der Waals surface area contributed by atoms with E-state index in [1.54, 1.807) is 0 Å². The van der Waals surface area contributed by atoms with Crippen LogP contribution in [0.25, 0.3) is 0 Å². The first kappa shape index (κ1) is 30.3. The van der Waals surface area contributed by atoms with Gasteiger partial charge in [0.1, 0.15) is 73.8 Å². The topological polar surface area (TPSA) is 87.0 Å². The van der Waals surface area contributed by atoms with E-state index < -0.39 is 0 Å². The molecular formula is C39H40O8. The molecule has 8 nitrogen and oxygen atoms in total. The van der Waals surface area contributed by atoms with Crippen LogP contribution < -0.4 is 18.9 Å². The Bertz CT molecular complexity index is 1560. The Hall–Kier alpha value is -4.08. The number of hydrogen-bond donors (Lipinski definition) is 0. The van der Waals surface area contributed by atoms with Crippen molar-refractivity contribution >= 4 is 0 Å². The van der Waals surface area contributed by atoms with E-state index in [0.29, 0.717) is 26.4 Å². The first-order valence-corrected chi connectivity index (χ1v) is 16.6. The quantitative estimate of drug-likeness (QED) is 0.120. The summed E-state index contributed by atoms with van der Waals surface area (Å²) in [4.78, 5) is 0. The molecule has 0 aromatic heterocycles. The molecule has 4 fully saturated rings. The Morgan fingerprint density at radius 2 is 0.766 bits per heavy atom. The van der Waals surface area contributed by atoms with Gasteiger partial charge in [-0.25, -0.2) is 0 Å². The van der Waals surface area contributed by atoms with Crippen molar-refractivity contribution in [2.45, 2.75) is 42.7 Å². The normalized spacial score (nSPS) is 23.3. The summed E-state index contributed by atoms with van der Waals surface area (Å²) in [6.45, 7) is 5.31. The van der Waals surface area contributed by atoms with Crippen molar-refractivity contribution in [3.05, 3.63) is 119 Å². The molecule has 0 amide bonds. The van der Waals surface area contributed by atoms with Gasteiger partial charge in [0.05, 0.1) is 26.4 Å². The summed E-state index contributed by atoms with van der Waals surface area (Å²) in [5, 5.41) is 0. The van der Waals surface area contributed by atoms with E-state index in [0.717, 1.165) is 55.8 Å². The monoisotopic (exact) mass is 636 g/mol. The second kappa shape index (κ2) is 14.0. The minimum atomic E-state index is 0.0360. The predicted molar refractivity (Wildman–Crippen MR) is 175 cm³/mol. The maximum absolute atomic E-state index is 6.14. The second-order valence-corrected chi connectivity index (χ2v) is 12.7. The molecular weight excluding hydrogens is 596 g/mol. The van der Waals surface area contributed by atoms with E-state index in [9.17, 15) is 0 Å². The lowest BCUT2D eigenvalue weighted by atomic mass is 9.78. The summed E-state index contributed by atoms with van der Waals surface area (Å²) in [5.74, 6) is 3.46. The van der Waals surface area contributed by atoms with Gasteiger partial charge in [0.25, 0.3) is 0 Å². The van der Waals surface area contributed by atoms with Crippen LogP contribution in [0.4, 0.5) is 0 Å². The average molecular weight is 637 g/mol. The minimum absolute atomic E-state index is 0.0360. The van der Waals surface area contributed by atoms with Crippen molar-refractivity contribution in [1.29, 1.82) is 0 Å². The highest BCUT2D eigenvalue weighted by Gasteiger charge is 2.28. The first-order valence-electron chi connectivity index (χ1n) is 16.6. The smallest absolute Gasteiger partial charge is 0.119 e. The largest absolute Gasteiger partial charge is 0.491 e. The Labute approximate surface area is 275 Å². The van der Waals surface area contributed by atoms with Crippen LogP contribution in [-0.4, -0.2) is 77.3 Å². The summed E-state index contributed by atoms with van der Waals surface area (Å²) in [6.07, 6.45) is 1.57. The number of benzene rings is 4. The Balaban J connectivity index is 1.12. The van der Waals surface area contributed by atoms with Crippen LogP contribution in [0.1, 0.15) is 40.5 Å². The molecule has 5 unspecified atom stereocenters. The SMILES string of the molecule is c1cc(OCC2CO2)cc(C(CC(c2cccc(OCC3CO3)c2)c2cccc(OCC3CO3)c2)c2ccc(OCC3CO3)cc2)c1. The van der Waals surface area contributed by atoms with Gasteiger partial charge in [-0.1, -0.05) is 48.5 Å². The molecule has 4 aliphatic rings. The fourth-order valence-electron chi connectivity index (χ4n) is 5.84. The van der Waals surface area contributed by atoms with E-state index in [4.69, 9.17) is 37.9 Å². The molecule has 244 valence electrons. The van der Waals surface area contributed by atoms with Gasteiger partial charge in [0.2, 0.25) is 0 Å². The molecule has 8 heteroatoms. The molecule has 4 aliphatic heterocycles. The number of epoxide rings is 4. The lowest BCUT2D eigenvalue weighted by Gasteiger charge is -2.27. The standard InChI is InChI=1S/C39H40O8/c1-4-27(14-31(7-1)41-19-35-23-45-35)38(26-10-12-30(13-11-26)40-18-34-22-44-34)17-39(28-5-2-8-32(15-28)42-20-36-24-46-36)29-6-3-9-33(16-29)43-21-37-25-47-37/h1-16,34-39H,17-25H2. The Morgan fingerprint density at radius 3 is 1.13 bits per heavy atom. The maximum Gasteiger partial charge on any atom is 0.119 e. The Kier molecular flexibility index (Phi) is 8.99. The number of rotatable bonds is 18. The molecule has 0 spiro atoms. The second-order valence-electron chi connectivity index (χ2n) is 12.7. The van der Waals surface area contributed by atoms with Crippen LogP contribution in [0.2, 0.25) is 0 Å². The van der Waals surface area contributed by atoms with Crippen LogP contribution >= 0.6 is 0 Å². The van der Waals surface area contributed by atoms with Crippen molar-refractivity contribution in [3.63, 3.8) is 0 Å². The number of hydrogen-bond acceptors (Lipinski definition) is 8. The van der Waals surface area contributed by atoms with Gasteiger partial charge < -0.3 is 37.9 Å². The molecule has 0 N–H and O–H groups in total. The molecule has 4 aromatic rings. The van der Waals surface area contributed by atoms with Crippen LogP contribution in [0.15, 0.2) is 97.1 Å². The summed E-state index contributed by atoms with van der Waals surface area (Å²) in [5.41, 5.74) is 4.73. The van der Waals surface area contributed by atoms with Gasteiger partial charge in [-0.15, -0.1) is 0 Å². The third-order valence-corrected chi connectivity index (χ3v) is 8.89. The van der Waals surface area contributed by atoms with Crippen molar-refractivity contribution < 1.29 is 37.9 Å². The minimum Gasteiger partial charge on any atom is -0.491 e. The molecule has 47 heavy (non-hydrogen) atoms. The zero-order valence-corrected chi connectivity index (χ0v) is 26.3. The summed E-state index contributed by atoms with van der Waals surface area (Å²) >= 11 is 0. The summed E-state index contributed by atoms with van der Waals surface area (Å²) < 4.78 is 45.9. The van der Waals surface area contributed by atoms with Gasteiger partial charge in [0, 0.05) is 11.8 Å². The van der Waals surface area contributed by atoms with E-state index in [2.05, 4.69) is 78.9 Å². The van der Waals surface area contributed by atoms with Gasteiger partial charge in [-0.3, -0.25) is 0 Å². The van der Waals surface area contributed by atoms with Gasteiger partial charge in [-0.05, 0) is 77.2 Å². The van der Waals surface area contributed by atoms with Crippen molar-refractivity contribution in [1.82, 2.24) is 0 Å². The molecule has 0 bridgehead atoms. The highest BCUT2D eigenvalue weighted by atomic mass is 16.6. The predicted octanol–water partition coefficient (Wildman–Crippen LogP) is 6.15. The van der Waals surface area contributed by atoms with Crippen LogP contribution in [-0.2, 0) is 18.9 Å².